The minimum atomic E-state index is 0.899. The number of imidazole rings is 1. The van der Waals surface area contributed by atoms with Gasteiger partial charge in [0.15, 0.2) is 0 Å². The molecule has 0 aliphatic heterocycles. The van der Waals surface area contributed by atoms with Crippen LogP contribution in [-0.4, -0.2) is 16.5 Å². The number of benzene rings is 2. The molecule has 0 aliphatic carbocycles. The molecular weight excluding hydrogens is 246 g/mol. The topological polar surface area (TPSA) is 40.7 Å². The maximum absolute atomic E-state index is 4.65. The zero-order chi connectivity index (χ0) is 13.8. The van der Waals surface area contributed by atoms with E-state index in [4.69, 9.17) is 0 Å². The van der Waals surface area contributed by atoms with E-state index in [1.54, 1.807) is 0 Å². The van der Waals surface area contributed by atoms with Gasteiger partial charge in [-0.1, -0.05) is 42.5 Å². The normalized spacial score (nSPS) is 10.4. The number of rotatable bonds is 4. The van der Waals surface area contributed by atoms with Crippen LogP contribution < -0.4 is 5.32 Å². The van der Waals surface area contributed by atoms with E-state index in [0.29, 0.717) is 0 Å². The largest absolute Gasteiger partial charge is 0.385 e. The van der Waals surface area contributed by atoms with Crippen molar-refractivity contribution < 1.29 is 0 Å². The van der Waals surface area contributed by atoms with Gasteiger partial charge in [0.2, 0.25) is 0 Å². The van der Waals surface area contributed by atoms with E-state index in [9.17, 15) is 0 Å². The van der Waals surface area contributed by atoms with Crippen LogP contribution in [-0.2, 0) is 0 Å². The summed E-state index contributed by atoms with van der Waals surface area (Å²) < 4.78 is 0. The number of aromatic amines is 1. The Hall–Kier alpha value is -2.55. The van der Waals surface area contributed by atoms with Crippen LogP contribution in [0, 0.1) is 0 Å². The average Bonchev–Trinajstić information content (AvgIpc) is 2.99. The molecule has 0 bridgehead atoms. The fourth-order valence-corrected chi connectivity index (χ4v) is 2.18. The maximum atomic E-state index is 4.65. The van der Waals surface area contributed by atoms with Gasteiger partial charge in [-0.15, -0.1) is 0 Å². The van der Waals surface area contributed by atoms with Crippen molar-refractivity contribution in [2.75, 3.05) is 11.9 Å². The molecule has 0 amide bonds. The zero-order valence-electron chi connectivity index (χ0n) is 11.4. The fourth-order valence-electron chi connectivity index (χ4n) is 2.18. The third kappa shape index (κ3) is 2.57. The van der Waals surface area contributed by atoms with Crippen LogP contribution in [0.25, 0.3) is 22.6 Å². The third-order valence-corrected chi connectivity index (χ3v) is 3.19. The molecule has 20 heavy (non-hydrogen) atoms. The Morgan fingerprint density at radius 1 is 0.950 bits per heavy atom. The summed E-state index contributed by atoms with van der Waals surface area (Å²) >= 11 is 0. The van der Waals surface area contributed by atoms with Crippen molar-refractivity contribution in [2.24, 2.45) is 0 Å². The van der Waals surface area contributed by atoms with E-state index in [0.717, 1.165) is 34.9 Å². The van der Waals surface area contributed by atoms with Crippen LogP contribution in [0.3, 0.4) is 0 Å². The first-order valence-electron chi connectivity index (χ1n) is 6.82. The molecule has 100 valence electrons. The molecule has 1 aromatic heterocycles. The van der Waals surface area contributed by atoms with Gasteiger partial charge in [-0.3, -0.25) is 0 Å². The van der Waals surface area contributed by atoms with Gasteiger partial charge in [-0.2, -0.15) is 0 Å². The molecule has 0 saturated carbocycles. The van der Waals surface area contributed by atoms with Crippen molar-refractivity contribution >= 4 is 5.69 Å². The lowest BCUT2D eigenvalue weighted by Crippen LogP contribution is -1.95. The summed E-state index contributed by atoms with van der Waals surface area (Å²) in [5, 5.41) is 3.29. The minimum absolute atomic E-state index is 0.899. The summed E-state index contributed by atoms with van der Waals surface area (Å²) in [5.74, 6) is 0.899. The van der Waals surface area contributed by atoms with Crippen LogP contribution in [0.5, 0.6) is 0 Å². The van der Waals surface area contributed by atoms with Crippen LogP contribution >= 0.6 is 0 Å². The highest BCUT2D eigenvalue weighted by atomic mass is 14.9. The van der Waals surface area contributed by atoms with Gasteiger partial charge in [0.1, 0.15) is 5.82 Å². The van der Waals surface area contributed by atoms with E-state index in [1.165, 1.54) is 0 Å². The van der Waals surface area contributed by atoms with E-state index in [2.05, 4.69) is 58.6 Å². The second-order valence-electron chi connectivity index (χ2n) is 4.61. The molecule has 2 N–H and O–H groups in total. The number of nitrogens with zero attached hydrogens (tertiary/aromatic N) is 1. The fraction of sp³-hybridized carbons (Fsp3) is 0.118. The molecular formula is C17H17N3. The Balaban J connectivity index is 1.86. The minimum Gasteiger partial charge on any atom is -0.385 e. The number of nitrogens with one attached hydrogen (secondary N) is 2. The summed E-state index contributed by atoms with van der Waals surface area (Å²) in [7, 11) is 0. The van der Waals surface area contributed by atoms with Crippen LogP contribution in [0.2, 0.25) is 0 Å². The van der Waals surface area contributed by atoms with Crippen molar-refractivity contribution in [3.63, 3.8) is 0 Å². The van der Waals surface area contributed by atoms with Crippen molar-refractivity contribution in [3.8, 4) is 22.6 Å². The van der Waals surface area contributed by atoms with Gasteiger partial charge in [-0.25, -0.2) is 4.98 Å². The summed E-state index contributed by atoms with van der Waals surface area (Å²) in [4.78, 5) is 7.88. The molecule has 3 heteroatoms. The number of hydrogen-bond acceptors (Lipinski definition) is 2. The predicted octanol–water partition coefficient (Wildman–Crippen LogP) is 4.18. The van der Waals surface area contributed by atoms with Gasteiger partial charge >= 0.3 is 0 Å². The predicted molar refractivity (Wildman–Crippen MR) is 83.6 cm³/mol. The van der Waals surface area contributed by atoms with Gasteiger partial charge in [0.05, 0.1) is 5.69 Å². The standard InChI is InChI=1S/C17H17N3/c1-2-18-15-10-8-13(9-11-15)16-12-19-17(20-16)14-6-4-3-5-7-14/h3-12,18H,2H2,1H3,(H,19,20). The first-order valence-corrected chi connectivity index (χ1v) is 6.82. The van der Waals surface area contributed by atoms with Crippen LogP contribution in [0.4, 0.5) is 5.69 Å². The molecule has 0 saturated heterocycles. The Kier molecular flexibility index (Phi) is 3.50. The van der Waals surface area contributed by atoms with Crippen LogP contribution in [0.15, 0.2) is 60.8 Å². The molecule has 0 unspecified atom stereocenters. The van der Waals surface area contributed by atoms with Crippen molar-refractivity contribution in [3.05, 3.63) is 60.8 Å². The number of H-pyrrole nitrogens is 1. The highest BCUT2D eigenvalue weighted by Gasteiger charge is 2.05. The Bertz CT molecular complexity index is 669. The first-order chi connectivity index (χ1) is 9.86. The molecule has 0 atom stereocenters. The molecule has 3 nitrogen and oxygen atoms in total. The molecule has 0 spiro atoms. The molecule has 0 aliphatic rings. The number of hydrogen-bond donors (Lipinski definition) is 2. The smallest absolute Gasteiger partial charge is 0.138 e. The van der Waals surface area contributed by atoms with Gasteiger partial charge in [-0.05, 0) is 19.1 Å². The molecule has 3 aromatic rings. The number of aromatic nitrogens is 2. The van der Waals surface area contributed by atoms with Crippen molar-refractivity contribution in [1.82, 2.24) is 9.97 Å². The second kappa shape index (κ2) is 5.61. The molecule has 0 radical (unpaired) electrons. The highest BCUT2D eigenvalue weighted by molar-refractivity contribution is 5.66. The average molecular weight is 263 g/mol. The Morgan fingerprint density at radius 2 is 1.70 bits per heavy atom. The van der Waals surface area contributed by atoms with E-state index in [1.807, 2.05) is 24.4 Å². The van der Waals surface area contributed by atoms with Crippen molar-refractivity contribution in [2.45, 2.75) is 6.92 Å². The zero-order valence-corrected chi connectivity index (χ0v) is 11.4. The van der Waals surface area contributed by atoms with Gasteiger partial charge in [0, 0.05) is 29.6 Å². The summed E-state index contributed by atoms with van der Waals surface area (Å²) in [6.45, 7) is 3.02. The van der Waals surface area contributed by atoms with E-state index in [-0.39, 0.29) is 0 Å². The molecule has 3 rings (SSSR count). The lowest BCUT2D eigenvalue weighted by molar-refractivity contribution is 1.21. The summed E-state index contributed by atoms with van der Waals surface area (Å²) in [5.41, 5.74) is 4.31. The third-order valence-electron chi connectivity index (χ3n) is 3.19. The van der Waals surface area contributed by atoms with Crippen LogP contribution in [0.1, 0.15) is 6.92 Å². The Morgan fingerprint density at radius 3 is 2.40 bits per heavy atom. The number of anilines is 1. The van der Waals surface area contributed by atoms with E-state index < -0.39 is 0 Å². The lowest BCUT2D eigenvalue weighted by Gasteiger charge is -2.03. The van der Waals surface area contributed by atoms with Crippen molar-refractivity contribution in [1.29, 1.82) is 0 Å². The molecule has 0 fully saturated rings. The van der Waals surface area contributed by atoms with Gasteiger partial charge < -0.3 is 10.3 Å². The Labute approximate surface area is 118 Å². The monoisotopic (exact) mass is 263 g/mol. The summed E-state index contributed by atoms with van der Waals surface area (Å²) in [6, 6.07) is 18.5. The second-order valence-corrected chi connectivity index (χ2v) is 4.61. The lowest BCUT2D eigenvalue weighted by atomic mass is 10.1. The SMILES string of the molecule is CCNc1ccc(-c2c[nH]c(-c3ccccc3)n2)cc1. The summed E-state index contributed by atoms with van der Waals surface area (Å²) in [6.07, 6.45) is 1.95. The first kappa shape index (κ1) is 12.5. The molecule has 1 heterocycles. The highest BCUT2D eigenvalue weighted by Crippen LogP contribution is 2.23. The quantitative estimate of drug-likeness (QED) is 0.741. The maximum Gasteiger partial charge on any atom is 0.138 e. The van der Waals surface area contributed by atoms with E-state index >= 15 is 0 Å². The molecule has 2 aromatic carbocycles. The van der Waals surface area contributed by atoms with Gasteiger partial charge in [0.25, 0.3) is 0 Å².